The summed E-state index contributed by atoms with van der Waals surface area (Å²) in [4.78, 5) is 27.8. The van der Waals surface area contributed by atoms with E-state index >= 15 is 0 Å². The minimum atomic E-state index is -0.208. The van der Waals surface area contributed by atoms with Gasteiger partial charge in [-0.15, -0.1) is 0 Å². The molecule has 0 saturated carbocycles. The van der Waals surface area contributed by atoms with Crippen molar-refractivity contribution in [1.82, 2.24) is 34.9 Å². The lowest BCUT2D eigenvalue weighted by Crippen LogP contribution is -2.30. The predicted molar refractivity (Wildman–Crippen MR) is 74.6 cm³/mol. The number of aromatic amines is 1. The van der Waals surface area contributed by atoms with Gasteiger partial charge in [-0.2, -0.15) is 10.1 Å². The predicted octanol–water partition coefficient (Wildman–Crippen LogP) is 1.04. The van der Waals surface area contributed by atoms with Gasteiger partial charge in [-0.25, -0.2) is 14.5 Å². The van der Waals surface area contributed by atoms with Crippen molar-refractivity contribution in [1.29, 1.82) is 0 Å². The summed E-state index contributed by atoms with van der Waals surface area (Å²) in [6.45, 7) is 3.80. The maximum Gasteiger partial charge on any atom is 0.255 e. The number of aromatic nitrogens is 6. The van der Waals surface area contributed by atoms with Gasteiger partial charge < -0.3 is 10.3 Å². The minimum absolute atomic E-state index is 0.168. The van der Waals surface area contributed by atoms with Gasteiger partial charge in [0.25, 0.3) is 11.7 Å². The van der Waals surface area contributed by atoms with Crippen molar-refractivity contribution >= 4 is 11.7 Å². The Hall–Kier alpha value is -2.77. The number of rotatable bonds is 4. The standard InChI is InChI=1S/C13H15N7O/c1-3-10(11-14-4-5-15-11)19-12(21)9-6-16-13-17-7-18-20(13)8(9)2/h4-7,10H,3H2,1-2H3,(H,14,15)(H,19,21). The van der Waals surface area contributed by atoms with E-state index in [4.69, 9.17) is 0 Å². The molecule has 0 spiro atoms. The highest BCUT2D eigenvalue weighted by molar-refractivity contribution is 5.95. The van der Waals surface area contributed by atoms with Crippen LogP contribution < -0.4 is 5.32 Å². The zero-order valence-electron chi connectivity index (χ0n) is 11.7. The molecule has 3 aromatic heterocycles. The second-order valence-electron chi connectivity index (χ2n) is 4.64. The van der Waals surface area contributed by atoms with Crippen LogP contribution in [0.2, 0.25) is 0 Å². The molecule has 0 bridgehead atoms. The van der Waals surface area contributed by atoms with Gasteiger partial charge in [0, 0.05) is 18.6 Å². The average molecular weight is 285 g/mol. The molecule has 0 aliphatic carbocycles. The van der Waals surface area contributed by atoms with Gasteiger partial charge >= 0.3 is 0 Å². The number of amides is 1. The average Bonchev–Trinajstić information content (AvgIpc) is 3.16. The molecule has 0 saturated heterocycles. The first kappa shape index (κ1) is 13.2. The molecule has 1 amide bonds. The fourth-order valence-electron chi connectivity index (χ4n) is 2.18. The maximum atomic E-state index is 12.4. The molecule has 2 N–H and O–H groups in total. The van der Waals surface area contributed by atoms with Crippen LogP contribution in [0.1, 0.15) is 41.3 Å². The summed E-state index contributed by atoms with van der Waals surface area (Å²) in [5.41, 5.74) is 1.17. The first-order valence-corrected chi connectivity index (χ1v) is 6.66. The minimum Gasteiger partial charge on any atom is -0.347 e. The van der Waals surface area contributed by atoms with E-state index in [-0.39, 0.29) is 11.9 Å². The van der Waals surface area contributed by atoms with Crippen molar-refractivity contribution < 1.29 is 4.79 Å². The van der Waals surface area contributed by atoms with Gasteiger partial charge in [0.1, 0.15) is 12.2 Å². The Labute approximate surface area is 120 Å². The van der Waals surface area contributed by atoms with Crippen LogP contribution in [-0.2, 0) is 0 Å². The SMILES string of the molecule is CCC(NC(=O)c1cnc2ncnn2c1C)c1ncc[nH]1. The van der Waals surface area contributed by atoms with Crippen LogP contribution in [0.3, 0.4) is 0 Å². The highest BCUT2D eigenvalue weighted by Gasteiger charge is 2.19. The number of nitrogens with one attached hydrogen (secondary N) is 2. The van der Waals surface area contributed by atoms with Crippen molar-refractivity contribution in [2.75, 3.05) is 0 Å². The third-order valence-corrected chi connectivity index (χ3v) is 3.35. The van der Waals surface area contributed by atoms with E-state index in [1.54, 1.807) is 16.9 Å². The van der Waals surface area contributed by atoms with E-state index in [2.05, 4.69) is 30.4 Å². The molecule has 0 aliphatic rings. The molecule has 0 aliphatic heterocycles. The Kier molecular flexibility index (Phi) is 3.35. The first-order chi connectivity index (χ1) is 10.2. The highest BCUT2D eigenvalue weighted by atomic mass is 16.1. The molecule has 21 heavy (non-hydrogen) atoms. The molecule has 0 aromatic carbocycles. The van der Waals surface area contributed by atoms with E-state index in [9.17, 15) is 4.79 Å². The van der Waals surface area contributed by atoms with E-state index in [0.29, 0.717) is 17.0 Å². The van der Waals surface area contributed by atoms with Crippen LogP contribution in [0.4, 0.5) is 0 Å². The number of fused-ring (bicyclic) bond motifs is 1. The largest absolute Gasteiger partial charge is 0.347 e. The Bertz CT molecular complexity index is 762. The summed E-state index contributed by atoms with van der Waals surface area (Å²) in [6, 6.07) is -0.168. The maximum absolute atomic E-state index is 12.4. The normalized spacial score (nSPS) is 12.5. The van der Waals surface area contributed by atoms with E-state index < -0.39 is 0 Å². The topological polar surface area (TPSA) is 101 Å². The van der Waals surface area contributed by atoms with Crippen molar-refractivity contribution in [3.8, 4) is 0 Å². The third-order valence-electron chi connectivity index (χ3n) is 3.35. The Balaban J connectivity index is 1.88. The molecule has 8 nitrogen and oxygen atoms in total. The quantitative estimate of drug-likeness (QED) is 0.745. The zero-order chi connectivity index (χ0) is 14.8. The monoisotopic (exact) mass is 285 g/mol. The number of H-pyrrole nitrogens is 1. The number of carbonyl (C=O) groups excluding carboxylic acids is 1. The van der Waals surface area contributed by atoms with Gasteiger partial charge in [-0.3, -0.25) is 4.79 Å². The van der Waals surface area contributed by atoms with Gasteiger partial charge in [0.2, 0.25) is 0 Å². The van der Waals surface area contributed by atoms with Gasteiger partial charge in [-0.05, 0) is 13.3 Å². The number of imidazole rings is 1. The molecule has 3 heterocycles. The van der Waals surface area contributed by atoms with Gasteiger partial charge in [0.05, 0.1) is 17.3 Å². The number of hydrogen-bond donors (Lipinski definition) is 2. The number of aryl methyl sites for hydroxylation is 1. The molecule has 8 heteroatoms. The summed E-state index contributed by atoms with van der Waals surface area (Å²) < 4.78 is 1.54. The molecule has 0 fully saturated rings. The Morgan fingerprint density at radius 2 is 2.29 bits per heavy atom. The molecule has 3 rings (SSSR count). The molecule has 0 radical (unpaired) electrons. The fourth-order valence-corrected chi connectivity index (χ4v) is 2.18. The summed E-state index contributed by atoms with van der Waals surface area (Å²) in [5.74, 6) is 1.00. The summed E-state index contributed by atoms with van der Waals surface area (Å²) >= 11 is 0. The number of hydrogen-bond acceptors (Lipinski definition) is 5. The van der Waals surface area contributed by atoms with Crippen LogP contribution in [-0.4, -0.2) is 35.5 Å². The van der Waals surface area contributed by atoms with Crippen LogP contribution in [0.5, 0.6) is 0 Å². The zero-order valence-corrected chi connectivity index (χ0v) is 11.7. The fraction of sp³-hybridized carbons (Fsp3) is 0.308. The Morgan fingerprint density at radius 1 is 1.43 bits per heavy atom. The lowest BCUT2D eigenvalue weighted by molar-refractivity contribution is 0.0932. The highest BCUT2D eigenvalue weighted by Crippen LogP contribution is 2.14. The second-order valence-corrected chi connectivity index (χ2v) is 4.64. The van der Waals surface area contributed by atoms with Crippen LogP contribution in [0.25, 0.3) is 5.78 Å². The van der Waals surface area contributed by atoms with Crippen molar-refractivity contribution in [3.63, 3.8) is 0 Å². The van der Waals surface area contributed by atoms with Crippen molar-refractivity contribution in [2.45, 2.75) is 26.3 Å². The van der Waals surface area contributed by atoms with Gasteiger partial charge in [0.15, 0.2) is 0 Å². The molecule has 108 valence electrons. The molecular weight excluding hydrogens is 270 g/mol. The molecular formula is C13H15N7O. The number of carbonyl (C=O) groups is 1. The van der Waals surface area contributed by atoms with Gasteiger partial charge in [-0.1, -0.05) is 6.92 Å². The van der Waals surface area contributed by atoms with Crippen molar-refractivity contribution in [2.24, 2.45) is 0 Å². The summed E-state index contributed by atoms with van der Waals surface area (Å²) in [6.07, 6.45) is 7.06. The first-order valence-electron chi connectivity index (χ1n) is 6.66. The summed E-state index contributed by atoms with van der Waals surface area (Å²) in [7, 11) is 0. The van der Waals surface area contributed by atoms with Crippen LogP contribution >= 0.6 is 0 Å². The summed E-state index contributed by atoms with van der Waals surface area (Å²) in [5, 5.41) is 7.00. The Morgan fingerprint density at radius 3 is 3.00 bits per heavy atom. The van der Waals surface area contributed by atoms with E-state index in [1.807, 2.05) is 13.8 Å². The molecule has 3 aromatic rings. The van der Waals surface area contributed by atoms with E-state index in [1.165, 1.54) is 12.5 Å². The van der Waals surface area contributed by atoms with Crippen LogP contribution in [0, 0.1) is 6.92 Å². The van der Waals surface area contributed by atoms with E-state index in [0.717, 1.165) is 12.2 Å². The smallest absolute Gasteiger partial charge is 0.255 e. The van der Waals surface area contributed by atoms with Crippen LogP contribution in [0.15, 0.2) is 24.9 Å². The molecule has 1 unspecified atom stereocenters. The lowest BCUT2D eigenvalue weighted by atomic mass is 10.1. The number of nitrogens with zero attached hydrogens (tertiary/aromatic N) is 5. The lowest BCUT2D eigenvalue weighted by Gasteiger charge is -2.15. The third kappa shape index (κ3) is 2.35. The molecule has 1 atom stereocenters. The second kappa shape index (κ2) is 5.31. The van der Waals surface area contributed by atoms with Crippen molar-refractivity contribution in [3.05, 3.63) is 42.0 Å².